The number of benzene rings is 1. The highest BCUT2D eigenvalue weighted by atomic mass is 32.2. The molecule has 0 saturated heterocycles. The van der Waals surface area contributed by atoms with Crippen LogP contribution >= 0.6 is 11.8 Å². The number of phenols is 1. The molecule has 1 aromatic rings. The third-order valence-corrected chi connectivity index (χ3v) is 5.07. The zero-order valence-corrected chi connectivity index (χ0v) is 12.7. The zero-order valence-electron chi connectivity index (χ0n) is 11.9. The lowest BCUT2D eigenvalue weighted by molar-refractivity contribution is -0.143. The van der Waals surface area contributed by atoms with E-state index in [0.717, 1.165) is 17.7 Å². The first-order chi connectivity index (χ1) is 9.70. The molecule has 2 rings (SSSR count). The summed E-state index contributed by atoms with van der Waals surface area (Å²) in [6.07, 6.45) is 5.90. The van der Waals surface area contributed by atoms with E-state index in [1.807, 2.05) is 19.1 Å². The van der Waals surface area contributed by atoms with Crippen LogP contribution in [0.15, 0.2) is 29.2 Å². The predicted octanol–water partition coefficient (Wildman–Crippen LogP) is 4.00. The lowest BCUT2D eigenvalue weighted by atomic mass is 9.87. The fourth-order valence-corrected chi connectivity index (χ4v) is 3.88. The van der Waals surface area contributed by atoms with Crippen LogP contribution in [0.1, 0.15) is 39.0 Å². The predicted molar refractivity (Wildman–Crippen MR) is 81.0 cm³/mol. The van der Waals surface area contributed by atoms with Gasteiger partial charge in [-0.15, -0.1) is 11.8 Å². The van der Waals surface area contributed by atoms with E-state index >= 15 is 0 Å². The van der Waals surface area contributed by atoms with Crippen molar-refractivity contribution in [2.75, 3.05) is 6.61 Å². The van der Waals surface area contributed by atoms with E-state index < -0.39 is 0 Å². The van der Waals surface area contributed by atoms with Crippen molar-refractivity contribution in [3.8, 4) is 5.75 Å². The quantitative estimate of drug-likeness (QED) is 0.658. The van der Waals surface area contributed by atoms with Gasteiger partial charge in [-0.25, -0.2) is 0 Å². The third kappa shape index (κ3) is 4.17. The lowest BCUT2D eigenvalue weighted by Gasteiger charge is -2.28. The summed E-state index contributed by atoms with van der Waals surface area (Å²) >= 11 is 1.57. The van der Waals surface area contributed by atoms with Gasteiger partial charge in [0, 0.05) is 4.90 Å². The van der Waals surface area contributed by atoms with Crippen LogP contribution in [-0.2, 0) is 9.53 Å². The molecule has 4 heteroatoms. The molecule has 1 unspecified atom stereocenters. The molecule has 20 heavy (non-hydrogen) atoms. The summed E-state index contributed by atoms with van der Waals surface area (Å²) in [5, 5.41) is 9.21. The number of hydrogen-bond donors (Lipinski definition) is 1. The fourth-order valence-electron chi connectivity index (χ4n) is 2.67. The van der Waals surface area contributed by atoms with Crippen molar-refractivity contribution >= 4 is 17.7 Å². The first-order valence-corrected chi connectivity index (χ1v) is 8.21. The van der Waals surface area contributed by atoms with Gasteiger partial charge in [-0.1, -0.05) is 19.3 Å². The molecule has 0 aliphatic heterocycles. The average molecular weight is 294 g/mol. The standard InChI is InChI=1S/C16H22O3S/c1-2-19-16(18)15(12-6-4-3-5-7-12)20-14-10-8-13(17)9-11-14/h8-12,15,17H,2-7H2,1H3. The smallest absolute Gasteiger partial charge is 0.319 e. The van der Waals surface area contributed by atoms with Crippen molar-refractivity contribution in [3.05, 3.63) is 24.3 Å². The van der Waals surface area contributed by atoms with Gasteiger partial charge in [-0.05, 0) is 49.9 Å². The SMILES string of the molecule is CCOC(=O)C(Sc1ccc(O)cc1)C1CCCCC1. The number of thioether (sulfide) groups is 1. The normalized spacial score (nSPS) is 17.6. The molecule has 0 aromatic heterocycles. The van der Waals surface area contributed by atoms with E-state index in [2.05, 4.69) is 0 Å². The minimum absolute atomic E-state index is 0.0996. The average Bonchev–Trinajstić information content (AvgIpc) is 2.48. The molecule has 1 atom stereocenters. The van der Waals surface area contributed by atoms with E-state index in [9.17, 15) is 9.90 Å². The van der Waals surface area contributed by atoms with Crippen LogP contribution in [0.25, 0.3) is 0 Å². The molecule has 1 aliphatic carbocycles. The minimum Gasteiger partial charge on any atom is -0.508 e. The van der Waals surface area contributed by atoms with Crippen molar-refractivity contribution in [2.24, 2.45) is 5.92 Å². The second-order valence-corrected chi connectivity index (χ2v) is 6.40. The van der Waals surface area contributed by atoms with E-state index in [-0.39, 0.29) is 17.0 Å². The van der Waals surface area contributed by atoms with Gasteiger partial charge < -0.3 is 9.84 Å². The lowest BCUT2D eigenvalue weighted by Crippen LogP contribution is -2.30. The number of ether oxygens (including phenoxy) is 1. The van der Waals surface area contributed by atoms with Crippen molar-refractivity contribution in [3.63, 3.8) is 0 Å². The van der Waals surface area contributed by atoms with E-state index in [0.29, 0.717) is 12.5 Å². The number of esters is 1. The second-order valence-electron chi connectivity index (χ2n) is 5.18. The molecule has 1 fully saturated rings. The number of phenolic OH excluding ortho intramolecular Hbond substituents is 1. The number of carbonyl (C=O) groups excluding carboxylic acids is 1. The Kier molecular flexibility index (Phi) is 5.77. The van der Waals surface area contributed by atoms with Gasteiger partial charge in [0.15, 0.2) is 0 Å². The van der Waals surface area contributed by atoms with Crippen LogP contribution < -0.4 is 0 Å². The summed E-state index contributed by atoms with van der Waals surface area (Å²) in [5.41, 5.74) is 0. The maximum atomic E-state index is 12.2. The van der Waals surface area contributed by atoms with Crippen LogP contribution in [0.5, 0.6) is 5.75 Å². The van der Waals surface area contributed by atoms with Gasteiger partial charge in [0.2, 0.25) is 0 Å². The fraction of sp³-hybridized carbons (Fsp3) is 0.562. The highest BCUT2D eigenvalue weighted by molar-refractivity contribution is 8.00. The van der Waals surface area contributed by atoms with Crippen LogP contribution in [0.3, 0.4) is 0 Å². The Labute approximate surface area is 124 Å². The molecule has 0 amide bonds. The van der Waals surface area contributed by atoms with Gasteiger partial charge in [0.05, 0.1) is 6.61 Å². The van der Waals surface area contributed by atoms with Crippen LogP contribution in [0.2, 0.25) is 0 Å². The number of rotatable bonds is 5. The first-order valence-electron chi connectivity index (χ1n) is 7.33. The van der Waals surface area contributed by atoms with Crippen LogP contribution in [-0.4, -0.2) is 22.9 Å². The molecular formula is C16H22O3S. The van der Waals surface area contributed by atoms with Gasteiger partial charge in [-0.3, -0.25) is 4.79 Å². The maximum Gasteiger partial charge on any atom is 0.319 e. The molecule has 1 saturated carbocycles. The Morgan fingerprint density at radius 1 is 1.30 bits per heavy atom. The highest BCUT2D eigenvalue weighted by Gasteiger charge is 2.31. The summed E-state index contributed by atoms with van der Waals surface area (Å²) in [5.74, 6) is 0.554. The van der Waals surface area contributed by atoms with Gasteiger partial charge >= 0.3 is 5.97 Å². The monoisotopic (exact) mass is 294 g/mol. The Morgan fingerprint density at radius 3 is 2.55 bits per heavy atom. The van der Waals surface area contributed by atoms with E-state index in [1.165, 1.54) is 19.3 Å². The minimum atomic E-state index is -0.125. The maximum absolute atomic E-state index is 12.2. The number of hydrogen-bond acceptors (Lipinski definition) is 4. The third-order valence-electron chi connectivity index (χ3n) is 3.70. The summed E-state index contributed by atoms with van der Waals surface area (Å²) in [6, 6.07) is 7.03. The van der Waals surface area contributed by atoms with Crippen molar-refractivity contribution in [2.45, 2.75) is 49.2 Å². The summed E-state index contributed by atoms with van der Waals surface area (Å²) in [7, 11) is 0. The topological polar surface area (TPSA) is 46.5 Å². The Balaban J connectivity index is 2.08. The van der Waals surface area contributed by atoms with E-state index in [4.69, 9.17) is 4.74 Å². The van der Waals surface area contributed by atoms with Crippen LogP contribution in [0.4, 0.5) is 0 Å². The molecule has 0 bridgehead atoms. The number of carbonyl (C=O) groups is 1. The van der Waals surface area contributed by atoms with Crippen molar-refractivity contribution in [1.29, 1.82) is 0 Å². The molecule has 0 radical (unpaired) electrons. The molecule has 1 N–H and O–H groups in total. The summed E-state index contributed by atoms with van der Waals surface area (Å²) < 4.78 is 5.24. The van der Waals surface area contributed by atoms with Gasteiger partial charge in [0.25, 0.3) is 0 Å². The van der Waals surface area contributed by atoms with Gasteiger partial charge in [-0.2, -0.15) is 0 Å². The zero-order chi connectivity index (χ0) is 14.4. The molecule has 1 aromatic carbocycles. The highest BCUT2D eigenvalue weighted by Crippen LogP contribution is 2.37. The molecule has 0 heterocycles. The van der Waals surface area contributed by atoms with Crippen molar-refractivity contribution < 1.29 is 14.6 Å². The summed E-state index contributed by atoms with van der Waals surface area (Å²) in [4.78, 5) is 13.2. The first kappa shape index (κ1) is 15.2. The van der Waals surface area contributed by atoms with Crippen LogP contribution in [0, 0.1) is 5.92 Å². The molecule has 110 valence electrons. The Morgan fingerprint density at radius 2 is 1.95 bits per heavy atom. The molecule has 1 aliphatic rings. The molecule has 0 spiro atoms. The van der Waals surface area contributed by atoms with Crippen molar-refractivity contribution in [1.82, 2.24) is 0 Å². The molecule has 3 nitrogen and oxygen atoms in total. The Bertz CT molecular complexity index is 424. The molecular weight excluding hydrogens is 272 g/mol. The number of aromatic hydroxyl groups is 1. The summed E-state index contributed by atoms with van der Waals surface area (Å²) in [6.45, 7) is 2.28. The Hall–Kier alpha value is -1.16. The van der Waals surface area contributed by atoms with Gasteiger partial charge in [0.1, 0.15) is 11.0 Å². The largest absolute Gasteiger partial charge is 0.508 e. The van der Waals surface area contributed by atoms with E-state index in [1.54, 1.807) is 23.9 Å². The second kappa shape index (κ2) is 7.58.